The molecule has 0 aromatic carbocycles. The van der Waals surface area contributed by atoms with Crippen LogP contribution in [0.3, 0.4) is 0 Å². The Labute approximate surface area is 68.3 Å². The molecule has 1 N–H and O–H groups in total. The molecule has 0 aromatic rings. The summed E-state index contributed by atoms with van der Waals surface area (Å²) in [5.41, 5.74) is 1.88. The maximum Gasteiger partial charge on any atom is 0.0565 e. The summed E-state index contributed by atoms with van der Waals surface area (Å²) in [5.74, 6) is 0.601. The minimum Gasteiger partial charge on any atom is -0.301 e. The smallest absolute Gasteiger partial charge is 0.0565 e. The molecule has 0 amide bonds. The van der Waals surface area contributed by atoms with Crippen LogP contribution >= 0.6 is 0 Å². The fourth-order valence-electron chi connectivity index (χ4n) is 1.32. The van der Waals surface area contributed by atoms with Crippen LogP contribution in [-0.2, 0) is 0 Å². The van der Waals surface area contributed by atoms with Gasteiger partial charge in [0.2, 0.25) is 0 Å². The Kier molecular flexibility index (Phi) is 2.64. The predicted octanol–water partition coefficient (Wildman–Crippen LogP) is 2.94. The molecule has 0 saturated carbocycles. The third-order valence-electron chi connectivity index (χ3n) is 2.00. The van der Waals surface area contributed by atoms with E-state index >= 15 is 0 Å². The summed E-state index contributed by atoms with van der Waals surface area (Å²) in [7, 11) is 0. The lowest BCUT2D eigenvalue weighted by molar-refractivity contribution is 0.741. The summed E-state index contributed by atoms with van der Waals surface area (Å²) in [6.45, 7) is 4.30. The molecule has 0 fully saturated rings. The minimum atomic E-state index is 0.601. The van der Waals surface area contributed by atoms with Gasteiger partial charge < -0.3 is 5.41 Å². The van der Waals surface area contributed by atoms with Crippen LogP contribution in [0.4, 0.5) is 0 Å². The molecule has 0 heterocycles. The molecule has 1 atom stereocenters. The molecule has 0 bridgehead atoms. The second-order valence-electron chi connectivity index (χ2n) is 3.07. The van der Waals surface area contributed by atoms with Gasteiger partial charge in [-0.05, 0) is 30.4 Å². The molecule has 0 radical (unpaired) electrons. The number of rotatable bonds is 1. The summed E-state index contributed by atoms with van der Waals surface area (Å²) in [6, 6.07) is 0. The fourth-order valence-corrected chi connectivity index (χ4v) is 1.32. The summed E-state index contributed by atoms with van der Waals surface area (Å²) < 4.78 is 0. The average Bonchev–Trinajstić information content (AvgIpc) is 2.13. The lowest BCUT2D eigenvalue weighted by Crippen LogP contribution is -1.95. The van der Waals surface area contributed by atoms with Crippen molar-refractivity contribution in [3.63, 3.8) is 0 Å². The number of nitrogens with one attached hydrogen (secondary N) is 1. The number of allylic oxidation sites excluding steroid dienone is 4. The molecule has 1 nitrogen and oxygen atoms in total. The van der Waals surface area contributed by atoms with Crippen molar-refractivity contribution in [3.05, 3.63) is 23.8 Å². The van der Waals surface area contributed by atoms with Crippen molar-refractivity contribution in [2.45, 2.75) is 26.7 Å². The minimum absolute atomic E-state index is 0.601. The van der Waals surface area contributed by atoms with E-state index in [1.165, 1.54) is 5.57 Å². The van der Waals surface area contributed by atoms with E-state index in [0.717, 1.165) is 12.8 Å². The van der Waals surface area contributed by atoms with Gasteiger partial charge in [0.1, 0.15) is 0 Å². The molecule has 1 rings (SSSR count). The van der Waals surface area contributed by atoms with Gasteiger partial charge in [-0.1, -0.05) is 26.0 Å². The molecule has 60 valence electrons. The van der Waals surface area contributed by atoms with Gasteiger partial charge in [0.25, 0.3) is 0 Å². The standard InChI is InChI=1S/C10H15N/c1-3-9-7-8(2)5-4-6-10(9)11/h4,6-8,11H,3,5H2,1-2H3. The number of hydrogen-bond acceptors (Lipinski definition) is 1. The average molecular weight is 149 g/mol. The van der Waals surface area contributed by atoms with E-state index < -0.39 is 0 Å². The first kappa shape index (κ1) is 8.25. The molecule has 0 aromatic heterocycles. The molecular formula is C10H15N. The van der Waals surface area contributed by atoms with Gasteiger partial charge in [0.05, 0.1) is 5.71 Å². The molecule has 1 heteroatoms. The molecule has 0 spiro atoms. The van der Waals surface area contributed by atoms with Crippen LogP contribution in [-0.4, -0.2) is 5.71 Å². The summed E-state index contributed by atoms with van der Waals surface area (Å²) >= 11 is 0. The SMILES string of the molecule is CCC1=CC(C)CC=CC1=N. The van der Waals surface area contributed by atoms with Crippen LogP contribution in [0.5, 0.6) is 0 Å². The third-order valence-corrected chi connectivity index (χ3v) is 2.00. The van der Waals surface area contributed by atoms with Crippen molar-refractivity contribution >= 4 is 5.71 Å². The normalized spacial score (nSPS) is 24.7. The van der Waals surface area contributed by atoms with Crippen LogP contribution in [0.25, 0.3) is 0 Å². The van der Waals surface area contributed by atoms with Gasteiger partial charge in [0, 0.05) is 0 Å². The first-order valence-corrected chi connectivity index (χ1v) is 4.20. The monoisotopic (exact) mass is 149 g/mol. The number of hydrogen-bond donors (Lipinski definition) is 1. The van der Waals surface area contributed by atoms with Crippen LogP contribution in [0.1, 0.15) is 26.7 Å². The highest BCUT2D eigenvalue weighted by molar-refractivity contribution is 6.06. The van der Waals surface area contributed by atoms with E-state index in [-0.39, 0.29) is 0 Å². The van der Waals surface area contributed by atoms with Crippen molar-refractivity contribution in [3.8, 4) is 0 Å². The first-order chi connectivity index (χ1) is 5.24. The molecule has 0 aliphatic heterocycles. The van der Waals surface area contributed by atoms with Crippen molar-refractivity contribution in [1.29, 1.82) is 5.41 Å². The Morgan fingerprint density at radius 3 is 3.00 bits per heavy atom. The molecule has 11 heavy (non-hydrogen) atoms. The molecule has 1 aliphatic rings. The van der Waals surface area contributed by atoms with Gasteiger partial charge in [-0.25, -0.2) is 0 Å². The van der Waals surface area contributed by atoms with Crippen molar-refractivity contribution < 1.29 is 0 Å². The largest absolute Gasteiger partial charge is 0.301 e. The van der Waals surface area contributed by atoms with E-state index in [1.807, 2.05) is 6.08 Å². The molecular weight excluding hydrogens is 134 g/mol. The van der Waals surface area contributed by atoms with Gasteiger partial charge in [-0.3, -0.25) is 0 Å². The van der Waals surface area contributed by atoms with E-state index in [9.17, 15) is 0 Å². The third kappa shape index (κ3) is 2.04. The van der Waals surface area contributed by atoms with Crippen LogP contribution in [0.15, 0.2) is 23.8 Å². The Balaban J connectivity index is 2.85. The van der Waals surface area contributed by atoms with Crippen LogP contribution in [0, 0.1) is 11.3 Å². The predicted molar refractivity (Wildman–Crippen MR) is 49.0 cm³/mol. The van der Waals surface area contributed by atoms with E-state index in [1.54, 1.807) is 0 Å². The zero-order valence-corrected chi connectivity index (χ0v) is 7.22. The summed E-state index contributed by atoms with van der Waals surface area (Å²) in [4.78, 5) is 0. The Morgan fingerprint density at radius 2 is 2.36 bits per heavy atom. The molecule has 1 unspecified atom stereocenters. The first-order valence-electron chi connectivity index (χ1n) is 4.20. The molecule has 1 aliphatic carbocycles. The Bertz CT molecular complexity index is 211. The maximum atomic E-state index is 7.62. The van der Waals surface area contributed by atoms with Gasteiger partial charge >= 0.3 is 0 Å². The van der Waals surface area contributed by atoms with Crippen LogP contribution in [0.2, 0.25) is 0 Å². The topological polar surface area (TPSA) is 23.9 Å². The van der Waals surface area contributed by atoms with E-state index in [2.05, 4.69) is 26.0 Å². The highest BCUT2D eigenvalue weighted by Crippen LogP contribution is 2.16. The Hall–Kier alpha value is -0.850. The second kappa shape index (κ2) is 3.51. The maximum absolute atomic E-state index is 7.62. The second-order valence-corrected chi connectivity index (χ2v) is 3.07. The zero-order valence-electron chi connectivity index (χ0n) is 7.22. The fraction of sp³-hybridized carbons (Fsp3) is 0.500. The van der Waals surface area contributed by atoms with Crippen LogP contribution < -0.4 is 0 Å². The van der Waals surface area contributed by atoms with E-state index in [4.69, 9.17) is 5.41 Å². The summed E-state index contributed by atoms with van der Waals surface area (Å²) in [5, 5.41) is 7.62. The van der Waals surface area contributed by atoms with Crippen molar-refractivity contribution in [2.75, 3.05) is 0 Å². The Morgan fingerprint density at radius 1 is 1.64 bits per heavy atom. The van der Waals surface area contributed by atoms with Crippen molar-refractivity contribution in [1.82, 2.24) is 0 Å². The van der Waals surface area contributed by atoms with Crippen molar-refractivity contribution in [2.24, 2.45) is 5.92 Å². The lowest BCUT2D eigenvalue weighted by Gasteiger charge is -2.02. The van der Waals surface area contributed by atoms with Gasteiger partial charge in [-0.2, -0.15) is 0 Å². The lowest BCUT2D eigenvalue weighted by atomic mass is 10.0. The zero-order chi connectivity index (χ0) is 8.27. The highest BCUT2D eigenvalue weighted by atomic mass is 14.4. The van der Waals surface area contributed by atoms with Gasteiger partial charge in [-0.15, -0.1) is 0 Å². The van der Waals surface area contributed by atoms with Gasteiger partial charge in [0.15, 0.2) is 0 Å². The molecule has 0 saturated heterocycles. The highest BCUT2D eigenvalue weighted by Gasteiger charge is 2.05. The summed E-state index contributed by atoms with van der Waals surface area (Å²) in [6.07, 6.45) is 8.27. The quantitative estimate of drug-likeness (QED) is 0.592. The van der Waals surface area contributed by atoms with E-state index in [0.29, 0.717) is 11.6 Å².